The van der Waals surface area contributed by atoms with E-state index in [1.165, 1.54) is 6.07 Å². The summed E-state index contributed by atoms with van der Waals surface area (Å²) in [7, 11) is 4.01. The Bertz CT molecular complexity index is 554. The van der Waals surface area contributed by atoms with Crippen LogP contribution in [-0.4, -0.2) is 47.3 Å². The van der Waals surface area contributed by atoms with Gasteiger partial charge in [0.05, 0.1) is 11.9 Å². The number of likely N-dealkylation sites (N-methyl/N-ethyl adjacent to an activating group) is 2. The monoisotopic (exact) mass is 261 g/mol. The Morgan fingerprint density at radius 2 is 2.26 bits per heavy atom. The van der Waals surface area contributed by atoms with Gasteiger partial charge in [0.2, 0.25) is 5.56 Å². The molecule has 0 atom stereocenters. The van der Waals surface area contributed by atoms with Crippen LogP contribution in [0.2, 0.25) is 0 Å². The molecule has 6 heteroatoms. The Balaban J connectivity index is 2.13. The van der Waals surface area contributed by atoms with E-state index in [1.54, 1.807) is 12.3 Å². The first-order valence-electron chi connectivity index (χ1n) is 6.25. The lowest BCUT2D eigenvalue weighted by Crippen LogP contribution is -2.27. The number of hydrogen-bond acceptors (Lipinski definition) is 4. The summed E-state index contributed by atoms with van der Waals surface area (Å²) in [4.78, 5) is 16.0. The summed E-state index contributed by atoms with van der Waals surface area (Å²) in [5, 5.41) is 10.2. The maximum absolute atomic E-state index is 11.1. The molecule has 2 rings (SSSR count). The van der Waals surface area contributed by atoms with Gasteiger partial charge in [-0.15, -0.1) is 0 Å². The zero-order valence-corrected chi connectivity index (χ0v) is 11.2. The predicted molar refractivity (Wildman–Crippen MR) is 74.9 cm³/mol. The van der Waals surface area contributed by atoms with Crippen molar-refractivity contribution in [1.29, 1.82) is 0 Å². The lowest BCUT2D eigenvalue weighted by molar-refractivity contribution is 0.328. The third kappa shape index (κ3) is 3.52. The van der Waals surface area contributed by atoms with Crippen molar-refractivity contribution in [2.45, 2.75) is 6.54 Å². The van der Waals surface area contributed by atoms with E-state index in [-0.39, 0.29) is 5.56 Å². The third-order valence-electron chi connectivity index (χ3n) is 2.97. The molecule has 0 radical (unpaired) electrons. The van der Waals surface area contributed by atoms with Crippen molar-refractivity contribution >= 4 is 0 Å². The van der Waals surface area contributed by atoms with E-state index in [0.717, 1.165) is 36.5 Å². The smallest absolute Gasteiger partial charge is 0.247 e. The van der Waals surface area contributed by atoms with Crippen LogP contribution in [0.3, 0.4) is 0 Å². The second kappa shape index (κ2) is 6.31. The lowest BCUT2D eigenvalue weighted by atomic mass is 10.1. The zero-order valence-electron chi connectivity index (χ0n) is 11.2. The van der Waals surface area contributed by atoms with E-state index in [2.05, 4.69) is 32.4 Å². The molecule has 0 aliphatic rings. The van der Waals surface area contributed by atoms with Gasteiger partial charge in [-0.2, -0.15) is 5.10 Å². The molecule has 0 aromatic carbocycles. The predicted octanol–water partition coefficient (Wildman–Crippen LogP) is 0.416. The fourth-order valence-corrected chi connectivity index (χ4v) is 1.92. The highest BCUT2D eigenvalue weighted by Crippen LogP contribution is 2.20. The molecule has 3 N–H and O–H groups in total. The van der Waals surface area contributed by atoms with E-state index in [9.17, 15) is 4.79 Å². The van der Waals surface area contributed by atoms with Gasteiger partial charge in [-0.1, -0.05) is 0 Å². The molecule has 6 nitrogen and oxygen atoms in total. The topological polar surface area (TPSA) is 76.8 Å². The largest absolute Gasteiger partial charge is 0.328 e. The summed E-state index contributed by atoms with van der Waals surface area (Å²) < 4.78 is 0. The van der Waals surface area contributed by atoms with Crippen LogP contribution in [0.4, 0.5) is 0 Å². The Hall–Kier alpha value is -1.92. The minimum absolute atomic E-state index is 0.101. The molecule has 2 aromatic heterocycles. The maximum Gasteiger partial charge on any atom is 0.247 e. The molecule has 0 fully saturated rings. The molecule has 0 saturated carbocycles. The highest BCUT2D eigenvalue weighted by molar-refractivity contribution is 5.61. The van der Waals surface area contributed by atoms with E-state index < -0.39 is 0 Å². The van der Waals surface area contributed by atoms with Crippen molar-refractivity contribution in [2.75, 3.05) is 27.2 Å². The van der Waals surface area contributed by atoms with Crippen molar-refractivity contribution in [3.63, 3.8) is 0 Å². The molecule has 0 aliphatic carbocycles. The van der Waals surface area contributed by atoms with Gasteiger partial charge in [0.15, 0.2) is 0 Å². The number of rotatable bonds is 6. The molecule has 102 valence electrons. The molecule has 0 amide bonds. The van der Waals surface area contributed by atoms with Crippen molar-refractivity contribution in [1.82, 2.24) is 25.4 Å². The van der Waals surface area contributed by atoms with E-state index >= 15 is 0 Å². The molecular weight excluding hydrogens is 242 g/mol. The first-order chi connectivity index (χ1) is 9.20. The molecule has 0 saturated heterocycles. The highest BCUT2D eigenvalue weighted by Gasteiger charge is 2.09. The van der Waals surface area contributed by atoms with Gasteiger partial charge in [-0.05, 0) is 20.2 Å². The number of nitrogens with zero attached hydrogens (tertiary/aromatic N) is 2. The van der Waals surface area contributed by atoms with Gasteiger partial charge in [0.1, 0.15) is 0 Å². The van der Waals surface area contributed by atoms with Crippen LogP contribution < -0.4 is 10.9 Å². The zero-order chi connectivity index (χ0) is 13.7. The average molecular weight is 261 g/mol. The maximum atomic E-state index is 11.1. The highest BCUT2D eigenvalue weighted by atomic mass is 16.1. The van der Waals surface area contributed by atoms with Crippen LogP contribution in [0.5, 0.6) is 0 Å². The van der Waals surface area contributed by atoms with Crippen molar-refractivity contribution in [2.24, 2.45) is 0 Å². The molecule has 2 aromatic rings. The molecule has 19 heavy (non-hydrogen) atoms. The van der Waals surface area contributed by atoms with Crippen LogP contribution in [0.15, 0.2) is 29.3 Å². The Kier molecular flexibility index (Phi) is 4.48. The van der Waals surface area contributed by atoms with Crippen molar-refractivity contribution in [3.8, 4) is 11.3 Å². The molecule has 0 bridgehead atoms. The fourth-order valence-electron chi connectivity index (χ4n) is 1.92. The average Bonchev–Trinajstić information content (AvgIpc) is 2.85. The summed E-state index contributed by atoms with van der Waals surface area (Å²) in [5.41, 5.74) is 2.91. The van der Waals surface area contributed by atoms with Crippen LogP contribution in [-0.2, 0) is 6.54 Å². The number of nitrogens with one attached hydrogen (secondary N) is 3. The van der Waals surface area contributed by atoms with E-state index in [1.807, 2.05) is 13.2 Å². The number of H-pyrrole nitrogens is 2. The summed E-state index contributed by atoms with van der Waals surface area (Å²) in [6.45, 7) is 2.72. The molecule has 0 unspecified atom stereocenters. The fraction of sp³-hybridized carbons (Fsp3) is 0.385. The van der Waals surface area contributed by atoms with Crippen LogP contribution in [0, 0.1) is 0 Å². The number of aromatic amines is 2. The minimum Gasteiger partial charge on any atom is -0.328 e. The van der Waals surface area contributed by atoms with Crippen LogP contribution in [0.1, 0.15) is 5.56 Å². The van der Waals surface area contributed by atoms with Gasteiger partial charge < -0.3 is 15.2 Å². The molecule has 0 aliphatic heterocycles. The standard InChI is InChI=1S/C13H19N5O/c1-14-5-6-18(2)9-11-8-16-17-13(11)10-3-4-12(19)15-7-10/h3-4,7-8,14H,5-6,9H2,1-2H3,(H,15,19)(H,16,17). The molecular formula is C13H19N5O. The van der Waals surface area contributed by atoms with E-state index in [0.29, 0.717) is 0 Å². The van der Waals surface area contributed by atoms with Crippen LogP contribution >= 0.6 is 0 Å². The third-order valence-corrected chi connectivity index (χ3v) is 2.97. The normalized spacial score (nSPS) is 11.1. The first kappa shape index (κ1) is 13.5. The van der Waals surface area contributed by atoms with Crippen LogP contribution in [0.25, 0.3) is 11.3 Å². The molecule has 0 spiro atoms. The van der Waals surface area contributed by atoms with Gasteiger partial charge in [-0.3, -0.25) is 9.89 Å². The Morgan fingerprint density at radius 3 is 2.95 bits per heavy atom. The second-order valence-electron chi connectivity index (χ2n) is 4.55. The van der Waals surface area contributed by atoms with Gasteiger partial charge >= 0.3 is 0 Å². The van der Waals surface area contributed by atoms with Crippen molar-refractivity contribution in [3.05, 3.63) is 40.4 Å². The summed E-state index contributed by atoms with van der Waals surface area (Å²) in [5.74, 6) is 0. The second-order valence-corrected chi connectivity index (χ2v) is 4.55. The number of pyridine rings is 1. The minimum atomic E-state index is -0.101. The van der Waals surface area contributed by atoms with Gasteiger partial charge in [-0.25, -0.2) is 0 Å². The summed E-state index contributed by atoms with van der Waals surface area (Å²) >= 11 is 0. The number of hydrogen-bond donors (Lipinski definition) is 3. The quantitative estimate of drug-likeness (QED) is 0.704. The molecule has 2 heterocycles. The van der Waals surface area contributed by atoms with Crippen molar-refractivity contribution < 1.29 is 0 Å². The summed E-state index contributed by atoms with van der Waals surface area (Å²) in [6, 6.07) is 3.31. The van der Waals surface area contributed by atoms with E-state index in [4.69, 9.17) is 0 Å². The van der Waals surface area contributed by atoms with Gasteiger partial charge in [0.25, 0.3) is 0 Å². The first-order valence-corrected chi connectivity index (χ1v) is 6.25. The summed E-state index contributed by atoms with van der Waals surface area (Å²) in [6.07, 6.45) is 3.53. The lowest BCUT2D eigenvalue weighted by Gasteiger charge is -2.16. The number of aromatic nitrogens is 3. The Labute approximate surface area is 111 Å². The SMILES string of the molecule is CNCCN(C)Cc1cn[nH]c1-c1ccc(=O)[nH]c1. The Morgan fingerprint density at radius 1 is 1.42 bits per heavy atom. The van der Waals surface area contributed by atoms with Gasteiger partial charge in [0, 0.05) is 43.0 Å².